The van der Waals surface area contributed by atoms with Gasteiger partial charge in [0, 0.05) is 31.7 Å². The van der Waals surface area contributed by atoms with Crippen molar-refractivity contribution < 1.29 is 14.3 Å². The minimum atomic E-state index is -0.00265. The minimum absolute atomic E-state index is 0.00265. The van der Waals surface area contributed by atoms with Gasteiger partial charge in [0.25, 0.3) is 5.91 Å². The summed E-state index contributed by atoms with van der Waals surface area (Å²) in [7, 11) is 3.15. The number of carbonyl (C=O) groups is 1. The summed E-state index contributed by atoms with van der Waals surface area (Å²) in [5.41, 5.74) is 0.599. The number of rotatable bonds is 5. The maximum atomic E-state index is 12.9. The van der Waals surface area contributed by atoms with Crippen molar-refractivity contribution >= 4 is 33.7 Å². The van der Waals surface area contributed by atoms with Crippen LogP contribution in [-0.4, -0.2) is 61.4 Å². The van der Waals surface area contributed by atoms with E-state index >= 15 is 0 Å². The number of methoxy groups -OCH3 is 2. The van der Waals surface area contributed by atoms with Crippen molar-refractivity contribution in [3.63, 3.8) is 0 Å². The summed E-state index contributed by atoms with van der Waals surface area (Å²) >= 11 is 3.25. The highest BCUT2D eigenvalue weighted by Gasteiger charge is 2.25. The van der Waals surface area contributed by atoms with Gasteiger partial charge in [0.15, 0.2) is 16.5 Å². The van der Waals surface area contributed by atoms with Gasteiger partial charge in [-0.2, -0.15) is 0 Å². The molecule has 1 aromatic carbocycles. The average molecular weight is 417 g/mol. The van der Waals surface area contributed by atoms with Gasteiger partial charge in [-0.25, -0.2) is 0 Å². The van der Waals surface area contributed by atoms with Crippen molar-refractivity contribution in [1.82, 2.24) is 15.1 Å². The first-order valence-electron chi connectivity index (χ1n) is 8.83. The fraction of sp³-hybridized carbons (Fsp3) is 0.316. The van der Waals surface area contributed by atoms with Crippen LogP contribution in [0.4, 0.5) is 5.13 Å². The molecule has 1 saturated heterocycles. The summed E-state index contributed by atoms with van der Waals surface area (Å²) in [5.74, 6) is 1.17. The standard InChI is InChI=1S/C19H20N4O3S2/c1-25-14-6-5-13(12-15(14)26-2)18(24)22-7-9-23(10-8-22)19-21-20-17(28-19)16-4-3-11-27-16/h3-6,11-12H,7-10H2,1-2H3. The number of nitrogens with zero attached hydrogens (tertiary/aromatic N) is 4. The maximum Gasteiger partial charge on any atom is 0.254 e. The molecule has 3 aromatic rings. The molecule has 9 heteroatoms. The van der Waals surface area contributed by atoms with Crippen molar-refractivity contribution in [1.29, 1.82) is 0 Å². The molecule has 0 bridgehead atoms. The third-order valence-corrected chi connectivity index (χ3v) is 6.64. The largest absolute Gasteiger partial charge is 0.493 e. The van der Waals surface area contributed by atoms with Crippen molar-refractivity contribution in [3.05, 3.63) is 41.3 Å². The van der Waals surface area contributed by atoms with Crippen LogP contribution in [0.1, 0.15) is 10.4 Å². The molecule has 0 atom stereocenters. The van der Waals surface area contributed by atoms with Gasteiger partial charge in [0.1, 0.15) is 0 Å². The molecule has 7 nitrogen and oxygen atoms in total. The van der Waals surface area contributed by atoms with Crippen LogP contribution < -0.4 is 14.4 Å². The zero-order chi connectivity index (χ0) is 19.5. The van der Waals surface area contributed by atoms with Gasteiger partial charge in [0.2, 0.25) is 5.13 Å². The van der Waals surface area contributed by atoms with Crippen LogP contribution in [0.2, 0.25) is 0 Å². The van der Waals surface area contributed by atoms with Gasteiger partial charge in [-0.15, -0.1) is 21.5 Å². The number of benzene rings is 1. The Morgan fingerprint density at radius 1 is 1.04 bits per heavy atom. The lowest BCUT2D eigenvalue weighted by Crippen LogP contribution is -2.48. The van der Waals surface area contributed by atoms with E-state index in [2.05, 4.69) is 21.2 Å². The monoisotopic (exact) mass is 416 g/mol. The first-order chi connectivity index (χ1) is 13.7. The third kappa shape index (κ3) is 3.67. The second-order valence-electron chi connectivity index (χ2n) is 6.22. The van der Waals surface area contributed by atoms with Crippen LogP contribution in [0, 0.1) is 0 Å². The molecule has 0 spiro atoms. The number of ether oxygens (including phenoxy) is 2. The van der Waals surface area contributed by atoms with E-state index in [9.17, 15) is 4.79 Å². The zero-order valence-corrected chi connectivity index (χ0v) is 17.3. The molecular weight excluding hydrogens is 396 g/mol. The summed E-state index contributed by atoms with van der Waals surface area (Å²) in [6.07, 6.45) is 0. The molecule has 0 unspecified atom stereocenters. The van der Waals surface area contributed by atoms with Crippen LogP contribution in [0.25, 0.3) is 9.88 Å². The summed E-state index contributed by atoms with van der Waals surface area (Å²) in [6, 6.07) is 9.32. The van der Waals surface area contributed by atoms with Crippen LogP contribution in [0.5, 0.6) is 11.5 Å². The lowest BCUT2D eigenvalue weighted by atomic mass is 10.1. The maximum absolute atomic E-state index is 12.9. The van der Waals surface area contributed by atoms with Gasteiger partial charge >= 0.3 is 0 Å². The van der Waals surface area contributed by atoms with Crippen LogP contribution in [0.15, 0.2) is 35.7 Å². The SMILES string of the molecule is COc1ccc(C(=O)N2CCN(c3nnc(-c4cccs4)s3)CC2)cc1OC. The molecule has 1 amide bonds. The Kier molecular flexibility index (Phi) is 5.45. The summed E-state index contributed by atoms with van der Waals surface area (Å²) in [5, 5.41) is 12.5. The molecule has 0 aliphatic carbocycles. The Labute approximate surface area is 171 Å². The van der Waals surface area contributed by atoms with Crippen molar-refractivity contribution in [3.8, 4) is 21.4 Å². The Morgan fingerprint density at radius 2 is 1.82 bits per heavy atom. The quantitative estimate of drug-likeness (QED) is 0.636. The lowest BCUT2D eigenvalue weighted by molar-refractivity contribution is 0.0746. The van der Waals surface area contributed by atoms with E-state index in [0.717, 1.165) is 28.1 Å². The number of thiophene rings is 1. The Bertz CT molecular complexity index is 950. The highest BCUT2D eigenvalue weighted by Crippen LogP contribution is 2.32. The molecule has 2 aromatic heterocycles. The summed E-state index contributed by atoms with van der Waals surface area (Å²) < 4.78 is 10.5. The van der Waals surface area contributed by atoms with Crippen molar-refractivity contribution in [2.45, 2.75) is 0 Å². The van der Waals surface area contributed by atoms with Gasteiger partial charge in [-0.1, -0.05) is 17.4 Å². The van der Waals surface area contributed by atoms with E-state index in [0.29, 0.717) is 30.2 Å². The van der Waals surface area contributed by atoms with Gasteiger partial charge in [-0.3, -0.25) is 4.79 Å². The minimum Gasteiger partial charge on any atom is -0.493 e. The number of piperazine rings is 1. The van der Waals surface area contributed by atoms with Gasteiger partial charge in [-0.05, 0) is 29.6 Å². The number of carbonyl (C=O) groups excluding carboxylic acids is 1. The summed E-state index contributed by atoms with van der Waals surface area (Å²) in [6.45, 7) is 2.75. The lowest BCUT2D eigenvalue weighted by Gasteiger charge is -2.34. The average Bonchev–Trinajstić information content (AvgIpc) is 3.44. The third-order valence-electron chi connectivity index (χ3n) is 4.61. The molecule has 3 heterocycles. The van der Waals surface area contributed by atoms with Crippen LogP contribution >= 0.6 is 22.7 Å². The Hall–Kier alpha value is -2.65. The van der Waals surface area contributed by atoms with E-state index in [4.69, 9.17) is 9.47 Å². The highest BCUT2D eigenvalue weighted by molar-refractivity contribution is 7.22. The second-order valence-corrected chi connectivity index (χ2v) is 8.12. The molecule has 146 valence electrons. The Morgan fingerprint density at radius 3 is 2.50 bits per heavy atom. The molecule has 28 heavy (non-hydrogen) atoms. The van der Waals surface area contributed by atoms with Crippen LogP contribution in [0.3, 0.4) is 0 Å². The molecular formula is C19H20N4O3S2. The van der Waals surface area contributed by atoms with E-state index in [1.54, 1.807) is 55.1 Å². The molecule has 0 saturated carbocycles. The number of aromatic nitrogens is 2. The van der Waals surface area contributed by atoms with Crippen molar-refractivity contribution in [2.75, 3.05) is 45.3 Å². The van der Waals surface area contributed by atoms with E-state index in [1.807, 2.05) is 16.3 Å². The Balaban J connectivity index is 1.41. The molecule has 1 fully saturated rings. The van der Waals surface area contributed by atoms with E-state index in [1.165, 1.54) is 0 Å². The van der Waals surface area contributed by atoms with Crippen LogP contribution in [-0.2, 0) is 0 Å². The zero-order valence-electron chi connectivity index (χ0n) is 15.6. The molecule has 1 aliphatic rings. The molecule has 1 aliphatic heterocycles. The van der Waals surface area contributed by atoms with E-state index in [-0.39, 0.29) is 5.91 Å². The smallest absolute Gasteiger partial charge is 0.254 e. The van der Waals surface area contributed by atoms with Gasteiger partial charge < -0.3 is 19.3 Å². The first-order valence-corrected chi connectivity index (χ1v) is 10.5. The predicted octanol–water partition coefficient (Wildman–Crippen LogP) is 3.25. The predicted molar refractivity (Wildman–Crippen MR) is 111 cm³/mol. The number of anilines is 1. The molecule has 4 rings (SSSR count). The number of hydrogen-bond donors (Lipinski definition) is 0. The molecule has 0 N–H and O–H groups in total. The van der Waals surface area contributed by atoms with Gasteiger partial charge in [0.05, 0.1) is 19.1 Å². The normalized spacial score (nSPS) is 14.2. The second kappa shape index (κ2) is 8.15. The number of hydrogen-bond acceptors (Lipinski definition) is 8. The fourth-order valence-corrected chi connectivity index (χ4v) is 4.78. The first kappa shape index (κ1) is 18.7. The fourth-order valence-electron chi connectivity index (χ4n) is 3.10. The number of amides is 1. The summed E-state index contributed by atoms with van der Waals surface area (Å²) in [4.78, 5) is 18.0. The topological polar surface area (TPSA) is 67.8 Å². The van der Waals surface area contributed by atoms with E-state index < -0.39 is 0 Å². The van der Waals surface area contributed by atoms with Crippen molar-refractivity contribution in [2.24, 2.45) is 0 Å². The molecule has 0 radical (unpaired) electrons. The highest BCUT2D eigenvalue weighted by atomic mass is 32.1.